The largest absolute Gasteiger partial charge is 0.322 e. The molecule has 0 saturated carbocycles. The van der Waals surface area contributed by atoms with Crippen molar-refractivity contribution in [1.82, 2.24) is 9.97 Å². The highest BCUT2D eigenvalue weighted by atomic mass is 35.5. The van der Waals surface area contributed by atoms with Gasteiger partial charge in [-0.2, -0.15) is 0 Å². The lowest BCUT2D eigenvalue weighted by Crippen LogP contribution is -2.13. The first kappa shape index (κ1) is 25.4. The number of rotatable bonds is 6. The van der Waals surface area contributed by atoms with Crippen molar-refractivity contribution in [3.05, 3.63) is 91.5 Å². The molecule has 0 spiro atoms. The Morgan fingerprint density at radius 2 is 1.38 bits per heavy atom. The summed E-state index contributed by atoms with van der Waals surface area (Å²) in [6, 6.07) is 14.1. The van der Waals surface area contributed by atoms with Crippen LogP contribution in [0.1, 0.15) is 45.7 Å². The molecular weight excluding hydrogens is 475 g/mol. The predicted octanol–water partition coefficient (Wildman–Crippen LogP) is 5.02. The number of carbonyl (C=O) groups is 2. The zero-order valence-electron chi connectivity index (χ0n) is 18.8. The Kier molecular flexibility index (Phi) is 8.42. The monoisotopic (exact) mass is 498 g/mol. The van der Waals surface area contributed by atoms with Crippen LogP contribution >= 0.6 is 23.2 Å². The average molecular weight is 499 g/mol. The smallest absolute Gasteiger partial charge is 0.251 e. The van der Waals surface area contributed by atoms with E-state index in [1.807, 2.05) is 32.0 Å². The number of benzene rings is 2. The topological polar surface area (TPSA) is 99.9 Å². The first-order chi connectivity index (χ1) is 16.3. The number of ketones is 2. The molecule has 2 aromatic heterocycles. The van der Waals surface area contributed by atoms with Crippen LogP contribution in [0.15, 0.2) is 58.1 Å². The molecule has 4 rings (SSSR count). The third-order valence-corrected chi connectivity index (χ3v) is 5.99. The molecule has 176 valence electrons. The molecule has 0 radical (unpaired) electrons. The van der Waals surface area contributed by atoms with Crippen molar-refractivity contribution in [3.8, 4) is 0 Å². The van der Waals surface area contributed by atoms with Crippen molar-refractivity contribution in [2.45, 2.75) is 26.7 Å². The zero-order chi connectivity index (χ0) is 24.8. The Labute approximate surface area is 205 Å². The lowest BCUT2D eigenvalue weighted by atomic mass is 10.0. The number of hydrogen-bond donors (Lipinski definition) is 2. The summed E-state index contributed by atoms with van der Waals surface area (Å²) < 4.78 is 0. The highest BCUT2D eigenvalue weighted by Crippen LogP contribution is 2.17. The molecule has 6 nitrogen and oxygen atoms in total. The van der Waals surface area contributed by atoms with Crippen molar-refractivity contribution < 1.29 is 9.59 Å². The van der Waals surface area contributed by atoms with E-state index in [2.05, 4.69) is 9.97 Å². The number of aromatic nitrogens is 2. The highest BCUT2D eigenvalue weighted by Gasteiger charge is 2.11. The van der Waals surface area contributed by atoms with E-state index in [1.165, 1.54) is 0 Å². The lowest BCUT2D eigenvalue weighted by Gasteiger charge is -2.05. The molecule has 0 bridgehead atoms. The second-order valence-corrected chi connectivity index (χ2v) is 8.17. The summed E-state index contributed by atoms with van der Waals surface area (Å²) in [6.45, 7) is 3.84. The molecule has 2 aromatic carbocycles. The van der Waals surface area contributed by atoms with E-state index < -0.39 is 0 Å². The van der Waals surface area contributed by atoms with Crippen LogP contribution in [0, 0.1) is 0 Å². The maximum Gasteiger partial charge on any atom is 0.251 e. The van der Waals surface area contributed by atoms with Crippen LogP contribution in [-0.4, -0.2) is 33.3 Å². The number of pyridine rings is 2. The van der Waals surface area contributed by atoms with Gasteiger partial charge in [-0.1, -0.05) is 26.0 Å². The van der Waals surface area contributed by atoms with Crippen LogP contribution in [0.5, 0.6) is 0 Å². The molecule has 0 aliphatic heterocycles. The predicted molar refractivity (Wildman–Crippen MR) is 138 cm³/mol. The summed E-state index contributed by atoms with van der Waals surface area (Å²) >= 11 is 11.1. The minimum Gasteiger partial charge on any atom is -0.322 e. The van der Waals surface area contributed by atoms with E-state index in [0.29, 0.717) is 40.6 Å². The zero-order valence-corrected chi connectivity index (χ0v) is 20.3. The van der Waals surface area contributed by atoms with E-state index in [0.717, 1.165) is 16.3 Å². The van der Waals surface area contributed by atoms with E-state index in [-0.39, 0.29) is 34.4 Å². The van der Waals surface area contributed by atoms with Crippen molar-refractivity contribution in [2.24, 2.45) is 0 Å². The molecule has 0 aliphatic carbocycles. The second kappa shape index (κ2) is 11.3. The van der Waals surface area contributed by atoms with Crippen LogP contribution in [0.2, 0.25) is 0 Å². The fourth-order valence-corrected chi connectivity index (χ4v) is 3.91. The van der Waals surface area contributed by atoms with Gasteiger partial charge in [0.1, 0.15) is 0 Å². The summed E-state index contributed by atoms with van der Waals surface area (Å²) in [5, 5.41) is 1.72. The Balaban J connectivity index is 0.000000191. The van der Waals surface area contributed by atoms with Gasteiger partial charge < -0.3 is 9.97 Å². The number of Topliss-reactive ketones (excluding diaryl/α,β-unsaturated/α-hetero) is 2. The van der Waals surface area contributed by atoms with Crippen LogP contribution in [0.3, 0.4) is 0 Å². The number of halogens is 2. The second-order valence-electron chi connectivity index (χ2n) is 7.64. The molecule has 0 unspecified atom stereocenters. The fraction of sp³-hybridized carbons (Fsp3) is 0.231. The van der Waals surface area contributed by atoms with Gasteiger partial charge in [0.15, 0.2) is 11.6 Å². The van der Waals surface area contributed by atoms with Gasteiger partial charge in [-0.3, -0.25) is 19.2 Å². The molecule has 2 N–H and O–H groups in total. The van der Waals surface area contributed by atoms with Crippen LogP contribution in [0.4, 0.5) is 0 Å². The molecule has 8 heteroatoms. The van der Waals surface area contributed by atoms with Gasteiger partial charge in [0.2, 0.25) is 0 Å². The summed E-state index contributed by atoms with van der Waals surface area (Å²) in [4.78, 5) is 52.0. The molecule has 0 saturated heterocycles. The van der Waals surface area contributed by atoms with E-state index in [9.17, 15) is 19.2 Å². The number of nitrogens with one attached hydrogen (secondary N) is 2. The van der Waals surface area contributed by atoms with Gasteiger partial charge in [0.25, 0.3) is 11.1 Å². The molecule has 0 fully saturated rings. The van der Waals surface area contributed by atoms with Crippen LogP contribution in [0.25, 0.3) is 21.8 Å². The van der Waals surface area contributed by atoms with Crippen molar-refractivity contribution in [3.63, 3.8) is 0 Å². The number of para-hydroxylation sites is 1. The van der Waals surface area contributed by atoms with E-state index in [1.54, 1.807) is 30.3 Å². The van der Waals surface area contributed by atoms with Gasteiger partial charge in [-0.05, 0) is 60.0 Å². The Morgan fingerprint density at radius 3 is 2.00 bits per heavy atom. The number of H-pyrrole nitrogens is 2. The maximum atomic E-state index is 11.7. The van der Waals surface area contributed by atoms with Crippen molar-refractivity contribution in [2.75, 3.05) is 11.8 Å². The first-order valence-electron chi connectivity index (χ1n) is 10.8. The van der Waals surface area contributed by atoms with E-state index >= 15 is 0 Å². The van der Waals surface area contributed by atoms with Gasteiger partial charge in [0.05, 0.1) is 17.3 Å². The number of hydrogen-bond acceptors (Lipinski definition) is 4. The highest BCUT2D eigenvalue weighted by molar-refractivity contribution is 6.32. The fourth-order valence-electron chi connectivity index (χ4n) is 3.61. The van der Waals surface area contributed by atoms with Crippen LogP contribution in [-0.2, 0) is 12.8 Å². The normalized spacial score (nSPS) is 10.7. The summed E-state index contributed by atoms with van der Waals surface area (Å²) in [5.41, 5.74) is 3.56. The van der Waals surface area contributed by atoms with Gasteiger partial charge in [-0.25, -0.2) is 0 Å². The number of aromatic amines is 2. The Hall–Kier alpha value is -3.22. The number of alkyl halides is 2. The minimum absolute atomic E-state index is 0.0322. The maximum absolute atomic E-state index is 11.7. The quantitative estimate of drug-likeness (QED) is 0.287. The molecule has 0 aliphatic rings. The van der Waals surface area contributed by atoms with Crippen molar-refractivity contribution in [1.29, 1.82) is 0 Å². The van der Waals surface area contributed by atoms with Crippen molar-refractivity contribution >= 4 is 56.6 Å². The standard InChI is InChI=1S/2C13H12ClNO2/c1-2-8-5-10-6-9(12(16)7-14)3-4-11(10)15-13(8)17;1-2-8-6-9-4-3-5-10(11(16)7-14)12(9)15-13(8)17/h2*3-6H,2,7H2,1H3,(H,15,17). The van der Waals surface area contributed by atoms with Gasteiger partial charge in [-0.15, -0.1) is 23.2 Å². The molecule has 4 aromatic rings. The Morgan fingerprint density at radius 1 is 0.765 bits per heavy atom. The van der Waals surface area contributed by atoms with Gasteiger partial charge in [0, 0.05) is 27.8 Å². The Bertz CT molecular complexity index is 1480. The summed E-state index contributed by atoms with van der Waals surface area (Å²) in [5.74, 6) is -0.415. The van der Waals surface area contributed by atoms with E-state index in [4.69, 9.17) is 23.2 Å². The third-order valence-electron chi connectivity index (χ3n) is 5.50. The minimum atomic E-state index is -0.183. The summed E-state index contributed by atoms with van der Waals surface area (Å²) in [6.07, 6.45) is 1.33. The molecule has 0 amide bonds. The summed E-state index contributed by atoms with van der Waals surface area (Å²) in [7, 11) is 0. The molecular formula is C26H24Cl2N2O4. The average Bonchev–Trinajstić information content (AvgIpc) is 2.86. The SMILES string of the molecule is CCc1cc2cc(C(=O)CCl)ccc2[nH]c1=O.CCc1cc2cccc(C(=O)CCl)c2[nH]c1=O. The van der Waals surface area contributed by atoms with Gasteiger partial charge >= 0.3 is 0 Å². The first-order valence-corrected chi connectivity index (χ1v) is 11.9. The molecule has 2 heterocycles. The number of fused-ring (bicyclic) bond motifs is 2. The third kappa shape index (κ3) is 5.46. The van der Waals surface area contributed by atoms with Crippen LogP contribution < -0.4 is 11.1 Å². The number of aryl methyl sites for hydroxylation is 2. The lowest BCUT2D eigenvalue weighted by molar-refractivity contribution is 0.101. The molecule has 34 heavy (non-hydrogen) atoms. The number of carbonyl (C=O) groups excluding carboxylic acids is 2. The molecule has 0 atom stereocenters.